The summed E-state index contributed by atoms with van der Waals surface area (Å²) in [5.74, 6) is 0.870. The molecule has 0 amide bonds. The molecule has 0 bridgehead atoms. The highest BCUT2D eigenvalue weighted by Gasteiger charge is 2.29. The third kappa shape index (κ3) is 3.93. The largest absolute Gasteiger partial charge is 0.309 e. The van der Waals surface area contributed by atoms with Crippen molar-refractivity contribution in [3.8, 4) is 55.9 Å². The van der Waals surface area contributed by atoms with E-state index in [0.717, 1.165) is 28.3 Å². The summed E-state index contributed by atoms with van der Waals surface area (Å²) in [5, 5.41) is 3.76. The zero-order valence-electron chi connectivity index (χ0n) is 27.1. The SMILES string of the molecule is C=Nc1c2c3c(cccc3n1-c1ccc(-c3ccc(-n4c5ccccc5c5ccccc54)cc3)cc1)-c1ccccc1-c1cccc(C)c1-2. The van der Waals surface area contributed by atoms with Gasteiger partial charge >= 0.3 is 0 Å². The van der Waals surface area contributed by atoms with Crippen LogP contribution in [0.5, 0.6) is 0 Å². The van der Waals surface area contributed by atoms with E-state index >= 15 is 0 Å². The molecule has 10 rings (SSSR count). The fourth-order valence-corrected chi connectivity index (χ4v) is 8.18. The Morgan fingerprint density at radius 2 is 0.918 bits per heavy atom. The number of aliphatic imine (C=N–C) groups is 1. The van der Waals surface area contributed by atoms with Gasteiger partial charge in [-0.25, -0.2) is 4.99 Å². The Bertz CT molecular complexity index is 2720. The van der Waals surface area contributed by atoms with Crippen molar-refractivity contribution >= 4 is 45.2 Å². The lowest BCUT2D eigenvalue weighted by Crippen LogP contribution is -1.95. The molecule has 0 radical (unpaired) electrons. The van der Waals surface area contributed by atoms with Crippen LogP contribution in [0.3, 0.4) is 0 Å². The molecule has 0 saturated carbocycles. The van der Waals surface area contributed by atoms with Gasteiger partial charge in [0.05, 0.1) is 16.6 Å². The van der Waals surface area contributed by atoms with Crippen molar-refractivity contribution in [1.82, 2.24) is 9.13 Å². The molecule has 0 fully saturated rings. The molecule has 0 unspecified atom stereocenters. The molecule has 0 atom stereocenters. The van der Waals surface area contributed by atoms with E-state index in [2.05, 4.69) is 181 Å². The van der Waals surface area contributed by atoms with Gasteiger partial charge in [0.1, 0.15) is 5.82 Å². The zero-order chi connectivity index (χ0) is 32.6. The minimum absolute atomic E-state index is 0.870. The van der Waals surface area contributed by atoms with Gasteiger partial charge in [0.2, 0.25) is 0 Å². The highest BCUT2D eigenvalue weighted by atomic mass is 15.1. The Balaban J connectivity index is 1.10. The Morgan fingerprint density at radius 3 is 1.55 bits per heavy atom. The molecule has 0 spiro atoms. The maximum atomic E-state index is 4.74. The number of hydrogen-bond donors (Lipinski definition) is 0. The molecule has 230 valence electrons. The lowest BCUT2D eigenvalue weighted by atomic mass is 9.91. The monoisotopic (exact) mass is 625 g/mol. The third-order valence-electron chi connectivity index (χ3n) is 10.3. The standard InChI is InChI=1S/C46H31N3/c1-29-11-9-16-38-34-12-3-4-13-35(34)39-17-10-20-42-44(39)45(43(29)38)46(47-2)49(42)33-27-23-31(24-28-33)30-21-25-32(26-22-30)48-40-18-7-5-14-36(40)37-15-6-8-19-41(37)48/h3-28H,2H2,1H3. The maximum Gasteiger partial charge on any atom is 0.145 e. The van der Waals surface area contributed by atoms with Crippen LogP contribution in [0.4, 0.5) is 5.82 Å². The van der Waals surface area contributed by atoms with E-state index in [4.69, 9.17) is 4.99 Å². The first-order chi connectivity index (χ1) is 24.2. The average Bonchev–Trinajstić information content (AvgIpc) is 3.63. The number of rotatable bonds is 4. The predicted octanol–water partition coefficient (Wildman–Crippen LogP) is 12.3. The number of para-hydroxylation sites is 2. The predicted molar refractivity (Wildman–Crippen MR) is 207 cm³/mol. The van der Waals surface area contributed by atoms with Crippen LogP contribution in [-0.2, 0) is 0 Å². The summed E-state index contributed by atoms with van der Waals surface area (Å²) in [5.41, 5.74) is 16.7. The molecule has 9 aromatic rings. The molecule has 1 aliphatic carbocycles. The Labute approximate surface area is 284 Å². The van der Waals surface area contributed by atoms with Crippen molar-refractivity contribution in [3.05, 3.63) is 163 Å². The van der Waals surface area contributed by atoms with Crippen LogP contribution in [-0.4, -0.2) is 15.9 Å². The molecule has 3 heteroatoms. The van der Waals surface area contributed by atoms with E-state index in [1.54, 1.807) is 0 Å². The second-order valence-electron chi connectivity index (χ2n) is 12.9. The quantitative estimate of drug-likeness (QED) is 0.174. The molecule has 0 aliphatic heterocycles. The highest BCUT2D eigenvalue weighted by molar-refractivity contribution is 6.17. The van der Waals surface area contributed by atoms with Crippen LogP contribution in [0.25, 0.3) is 88.6 Å². The van der Waals surface area contributed by atoms with Gasteiger partial charge in [-0.1, -0.05) is 115 Å². The van der Waals surface area contributed by atoms with Crippen LogP contribution in [0.15, 0.2) is 163 Å². The summed E-state index contributed by atoms with van der Waals surface area (Å²) in [6, 6.07) is 57.0. The van der Waals surface area contributed by atoms with Gasteiger partial charge in [-0.15, -0.1) is 0 Å². The van der Waals surface area contributed by atoms with E-state index in [-0.39, 0.29) is 0 Å². The van der Waals surface area contributed by atoms with Crippen molar-refractivity contribution in [2.24, 2.45) is 4.99 Å². The highest BCUT2D eigenvalue weighted by Crippen LogP contribution is 2.53. The first-order valence-corrected chi connectivity index (χ1v) is 16.7. The van der Waals surface area contributed by atoms with Crippen molar-refractivity contribution in [2.45, 2.75) is 6.92 Å². The number of aromatic nitrogens is 2. The number of fused-ring (bicyclic) bond motifs is 8. The van der Waals surface area contributed by atoms with Gasteiger partial charge in [-0.05, 0) is 101 Å². The van der Waals surface area contributed by atoms with Crippen molar-refractivity contribution < 1.29 is 0 Å². The minimum Gasteiger partial charge on any atom is -0.309 e. The first kappa shape index (κ1) is 27.6. The van der Waals surface area contributed by atoms with E-state index in [0.29, 0.717) is 0 Å². The van der Waals surface area contributed by atoms with Gasteiger partial charge in [-0.2, -0.15) is 0 Å². The first-order valence-electron chi connectivity index (χ1n) is 16.7. The Hall–Kier alpha value is -6.45. The number of hydrogen-bond acceptors (Lipinski definition) is 1. The molecule has 2 heterocycles. The van der Waals surface area contributed by atoms with Crippen LogP contribution >= 0.6 is 0 Å². The molecule has 49 heavy (non-hydrogen) atoms. The lowest BCUT2D eigenvalue weighted by molar-refractivity contribution is 1.11. The van der Waals surface area contributed by atoms with Gasteiger partial charge in [0.15, 0.2) is 0 Å². The second kappa shape index (κ2) is 10.5. The zero-order valence-corrected chi connectivity index (χ0v) is 27.1. The molecular weight excluding hydrogens is 595 g/mol. The summed E-state index contributed by atoms with van der Waals surface area (Å²) < 4.78 is 4.64. The fraction of sp³-hybridized carbons (Fsp3) is 0.0217. The summed E-state index contributed by atoms with van der Waals surface area (Å²) in [4.78, 5) is 4.74. The summed E-state index contributed by atoms with van der Waals surface area (Å²) in [6.45, 7) is 6.32. The van der Waals surface area contributed by atoms with Gasteiger partial charge < -0.3 is 4.57 Å². The molecule has 2 aromatic heterocycles. The van der Waals surface area contributed by atoms with Crippen LogP contribution in [0, 0.1) is 6.92 Å². The lowest BCUT2D eigenvalue weighted by Gasteiger charge is -2.15. The van der Waals surface area contributed by atoms with E-state index in [9.17, 15) is 0 Å². The van der Waals surface area contributed by atoms with Crippen molar-refractivity contribution in [1.29, 1.82) is 0 Å². The van der Waals surface area contributed by atoms with Crippen molar-refractivity contribution in [2.75, 3.05) is 0 Å². The van der Waals surface area contributed by atoms with E-state index in [1.165, 1.54) is 71.7 Å². The van der Waals surface area contributed by atoms with Crippen LogP contribution < -0.4 is 0 Å². The normalized spacial score (nSPS) is 11.9. The maximum absolute atomic E-state index is 4.74. The number of aryl methyl sites for hydroxylation is 1. The van der Waals surface area contributed by atoms with E-state index < -0.39 is 0 Å². The van der Waals surface area contributed by atoms with Gasteiger partial charge in [0.25, 0.3) is 0 Å². The summed E-state index contributed by atoms with van der Waals surface area (Å²) in [7, 11) is 0. The molecule has 0 saturated heterocycles. The molecule has 7 aromatic carbocycles. The third-order valence-corrected chi connectivity index (χ3v) is 10.3. The van der Waals surface area contributed by atoms with Gasteiger partial charge in [-0.3, -0.25) is 4.57 Å². The number of nitrogens with zero attached hydrogens (tertiary/aromatic N) is 3. The van der Waals surface area contributed by atoms with Crippen LogP contribution in [0.2, 0.25) is 0 Å². The fourth-order valence-electron chi connectivity index (χ4n) is 8.18. The summed E-state index contributed by atoms with van der Waals surface area (Å²) >= 11 is 0. The second-order valence-corrected chi connectivity index (χ2v) is 12.9. The summed E-state index contributed by atoms with van der Waals surface area (Å²) in [6.07, 6.45) is 0. The minimum atomic E-state index is 0.870. The molecule has 1 aliphatic rings. The number of benzene rings is 7. The average molecular weight is 626 g/mol. The topological polar surface area (TPSA) is 22.2 Å². The Kier molecular flexibility index (Phi) is 5.94. The molecular formula is C46H31N3. The van der Waals surface area contributed by atoms with Gasteiger partial charge in [0, 0.05) is 33.1 Å². The molecule has 0 N–H and O–H groups in total. The van der Waals surface area contributed by atoms with Crippen LogP contribution in [0.1, 0.15) is 5.56 Å². The van der Waals surface area contributed by atoms with Crippen molar-refractivity contribution in [3.63, 3.8) is 0 Å². The van der Waals surface area contributed by atoms with E-state index in [1.807, 2.05) is 0 Å². The smallest absolute Gasteiger partial charge is 0.145 e. The molecule has 3 nitrogen and oxygen atoms in total. The Morgan fingerprint density at radius 1 is 0.429 bits per heavy atom.